The molecule has 216 valence electrons. The van der Waals surface area contributed by atoms with Crippen molar-refractivity contribution >= 4 is 0 Å². The van der Waals surface area contributed by atoms with Gasteiger partial charge in [-0.1, -0.05) is 31.2 Å². The Balaban J connectivity index is 3.61. The first-order chi connectivity index (χ1) is 16.2. The van der Waals surface area contributed by atoms with E-state index in [1.165, 1.54) is 19.1 Å². The zero-order valence-corrected chi connectivity index (χ0v) is 18.1. The fourth-order valence-corrected chi connectivity index (χ4v) is 3.05. The van der Waals surface area contributed by atoms with Crippen LogP contribution in [0.4, 0.5) is 74.6 Å². The fourth-order valence-electron chi connectivity index (χ4n) is 3.05. The lowest BCUT2D eigenvalue weighted by molar-refractivity contribution is -0.462. The van der Waals surface area contributed by atoms with Gasteiger partial charge in [0.05, 0.1) is 6.10 Å². The van der Waals surface area contributed by atoms with E-state index >= 15 is 0 Å². The van der Waals surface area contributed by atoms with Crippen LogP contribution < -0.4 is 0 Å². The van der Waals surface area contributed by atoms with Gasteiger partial charge in [0.25, 0.3) is 0 Å². The lowest BCUT2D eigenvalue weighted by atomic mass is 9.86. The highest BCUT2D eigenvalue weighted by Gasteiger charge is 2.95. The third kappa shape index (κ3) is 4.82. The second-order valence-corrected chi connectivity index (χ2v) is 7.63. The summed E-state index contributed by atoms with van der Waals surface area (Å²) in [4.78, 5) is 0. The van der Waals surface area contributed by atoms with E-state index in [9.17, 15) is 74.6 Å². The summed E-state index contributed by atoms with van der Waals surface area (Å²) in [6, 6.07) is 4.57. The lowest BCUT2D eigenvalue weighted by Crippen LogP contribution is -2.74. The van der Waals surface area contributed by atoms with Crippen molar-refractivity contribution in [3.05, 3.63) is 35.4 Å². The Morgan fingerprint density at radius 2 is 0.973 bits per heavy atom. The summed E-state index contributed by atoms with van der Waals surface area (Å²) < 4.78 is 232. The number of aryl methyl sites for hydroxylation is 1. The molecule has 1 aromatic carbocycles. The molecule has 0 aliphatic carbocycles. The molecule has 1 nitrogen and oxygen atoms in total. The van der Waals surface area contributed by atoms with Gasteiger partial charge in [-0.15, -0.1) is 0 Å². The minimum absolute atomic E-state index is 0.0129. The standard InChI is InChI=1S/C19H15F17O/c1-3-9-6-4-5-7-10(9)11(37-2)8-12(20,21)13(22,23)14(24,25)15(26,27)16(28,29)17(30,31)18(32,33)19(34,35)36/h4-7,11H,3,8H2,1-2H3. The van der Waals surface area contributed by atoms with E-state index in [0.29, 0.717) is 7.11 Å². The van der Waals surface area contributed by atoms with Crippen LogP contribution in [0.1, 0.15) is 30.6 Å². The topological polar surface area (TPSA) is 9.23 Å². The van der Waals surface area contributed by atoms with Gasteiger partial charge in [-0.2, -0.15) is 74.6 Å². The Kier molecular flexibility index (Phi) is 8.59. The predicted octanol–water partition coefficient (Wildman–Crippen LogP) is 8.34. The molecule has 0 aliphatic rings. The maximum absolute atomic E-state index is 14.3. The highest BCUT2D eigenvalue weighted by Crippen LogP contribution is 2.64. The summed E-state index contributed by atoms with van der Waals surface area (Å²) >= 11 is 0. The van der Waals surface area contributed by atoms with E-state index in [1.54, 1.807) is 0 Å². The van der Waals surface area contributed by atoms with Crippen molar-refractivity contribution in [1.29, 1.82) is 0 Å². The number of alkyl halides is 17. The van der Waals surface area contributed by atoms with Crippen molar-refractivity contribution in [2.75, 3.05) is 7.11 Å². The maximum Gasteiger partial charge on any atom is 0.460 e. The van der Waals surface area contributed by atoms with Crippen LogP contribution in [0, 0.1) is 0 Å². The third-order valence-electron chi connectivity index (χ3n) is 5.30. The molecule has 0 saturated heterocycles. The number of ether oxygens (including phenoxy) is 1. The normalized spacial score (nSPS) is 16.2. The van der Waals surface area contributed by atoms with Crippen molar-refractivity contribution in [1.82, 2.24) is 0 Å². The van der Waals surface area contributed by atoms with Gasteiger partial charge in [0.2, 0.25) is 0 Å². The predicted molar refractivity (Wildman–Crippen MR) is 90.9 cm³/mol. The minimum Gasteiger partial charge on any atom is -0.377 e. The molecule has 0 amide bonds. The number of hydrogen-bond donors (Lipinski definition) is 0. The van der Waals surface area contributed by atoms with Gasteiger partial charge in [0, 0.05) is 13.5 Å². The van der Waals surface area contributed by atoms with Crippen molar-refractivity contribution in [2.24, 2.45) is 0 Å². The summed E-state index contributed by atoms with van der Waals surface area (Å²) in [6.07, 6.45) is -12.8. The average molecular weight is 582 g/mol. The monoisotopic (exact) mass is 582 g/mol. The minimum atomic E-state index is -8.64. The van der Waals surface area contributed by atoms with Crippen LogP contribution in [0.15, 0.2) is 24.3 Å². The van der Waals surface area contributed by atoms with E-state index in [0.717, 1.165) is 12.1 Å². The highest BCUT2D eigenvalue weighted by atomic mass is 19.4. The van der Waals surface area contributed by atoms with Crippen LogP contribution >= 0.6 is 0 Å². The molecule has 0 N–H and O–H groups in total. The van der Waals surface area contributed by atoms with Gasteiger partial charge in [0.1, 0.15) is 0 Å². The Bertz CT molecular complexity index is 935. The first kappa shape index (κ1) is 33.0. The van der Waals surface area contributed by atoms with E-state index in [-0.39, 0.29) is 17.5 Å². The molecule has 1 unspecified atom stereocenters. The quantitative estimate of drug-likeness (QED) is 0.239. The molecule has 0 spiro atoms. The van der Waals surface area contributed by atoms with Crippen molar-refractivity contribution in [3.63, 3.8) is 0 Å². The summed E-state index contributed by atoms with van der Waals surface area (Å²) in [5.74, 6) is -56.5. The Labute approximate surface area is 196 Å². The van der Waals surface area contributed by atoms with E-state index in [4.69, 9.17) is 0 Å². The van der Waals surface area contributed by atoms with Crippen LogP contribution in [0.5, 0.6) is 0 Å². The first-order valence-electron chi connectivity index (χ1n) is 9.55. The lowest BCUT2D eigenvalue weighted by Gasteiger charge is -2.43. The maximum atomic E-state index is 14.3. The molecule has 0 fully saturated rings. The molecule has 0 heterocycles. The van der Waals surface area contributed by atoms with E-state index < -0.39 is 60.2 Å². The van der Waals surface area contributed by atoms with Gasteiger partial charge in [-0.25, -0.2) is 0 Å². The zero-order valence-electron chi connectivity index (χ0n) is 18.1. The number of halogens is 17. The van der Waals surface area contributed by atoms with Crippen molar-refractivity contribution in [2.45, 2.75) is 73.5 Å². The SMILES string of the molecule is CCc1ccccc1C(CC(F)(F)C(F)(F)C(F)(F)C(F)(F)C(F)(F)C(F)(F)C(F)(F)C(F)(F)F)OC. The Hall–Kier alpha value is -2.01. The van der Waals surface area contributed by atoms with Crippen LogP contribution in [0.25, 0.3) is 0 Å². The van der Waals surface area contributed by atoms with Crippen molar-refractivity contribution < 1.29 is 79.4 Å². The Morgan fingerprint density at radius 3 is 1.35 bits per heavy atom. The zero-order chi connectivity index (χ0) is 29.7. The summed E-state index contributed by atoms with van der Waals surface area (Å²) in [5.41, 5.74) is -0.314. The molecule has 0 aliphatic heterocycles. The molecule has 0 aromatic heterocycles. The molecule has 1 atom stereocenters. The van der Waals surface area contributed by atoms with Gasteiger partial charge in [0.15, 0.2) is 0 Å². The van der Waals surface area contributed by atoms with E-state index in [1.807, 2.05) is 0 Å². The van der Waals surface area contributed by atoms with E-state index in [2.05, 4.69) is 4.74 Å². The van der Waals surface area contributed by atoms with Crippen LogP contribution in [-0.4, -0.2) is 54.7 Å². The molecular weight excluding hydrogens is 567 g/mol. The molecule has 0 saturated carbocycles. The second-order valence-electron chi connectivity index (χ2n) is 7.63. The van der Waals surface area contributed by atoms with Gasteiger partial charge < -0.3 is 4.74 Å². The molecule has 1 aromatic rings. The Morgan fingerprint density at radius 1 is 0.595 bits per heavy atom. The molecule has 37 heavy (non-hydrogen) atoms. The number of hydrogen-bond acceptors (Lipinski definition) is 1. The van der Waals surface area contributed by atoms with Gasteiger partial charge >= 0.3 is 47.6 Å². The molecular formula is C19H15F17O. The first-order valence-corrected chi connectivity index (χ1v) is 9.55. The molecule has 0 radical (unpaired) electrons. The summed E-state index contributed by atoms with van der Waals surface area (Å²) in [7, 11) is 0.562. The second kappa shape index (κ2) is 9.63. The highest BCUT2D eigenvalue weighted by molar-refractivity contribution is 5.30. The van der Waals surface area contributed by atoms with Crippen molar-refractivity contribution in [3.8, 4) is 0 Å². The largest absolute Gasteiger partial charge is 0.460 e. The smallest absolute Gasteiger partial charge is 0.377 e. The average Bonchev–Trinajstić information content (AvgIpc) is 2.75. The summed E-state index contributed by atoms with van der Waals surface area (Å²) in [6.45, 7) is 1.39. The fraction of sp³-hybridized carbons (Fsp3) is 0.684. The molecule has 1 rings (SSSR count). The summed E-state index contributed by atoms with van der Waals surface area (Å²) in [5, 5.41) is 0. The van der Waals surface area contributed by atoms with Crippen LogP contribution in [0.2, 0.25) is 0 Å². The number of rotatable bonds is 11. The molecule has 0 bridgehead atoms. The number of methoxy groups -OCH3 is 1. The van der Waals surface area contributed by atoms with Crippen LogP contribution in [0.3, 0.4) is 0 Å². The number of benzene rings is 1. The molecule has 18 heteroatoms. The third-order valence-corrected chi connectivity index (χ3v) is 5.30. The van der Waals surface area contributed by atoms with Gasteiger partial charge in [-0.05, 0) is 17.5 Å². The van der Waals surface area contributed by atoms with Crippen LogP contribution in [-0.2, 0) is 11.2 Å². The van der Waals surface area contributed by atoms with Gasteiger partial charge in [-0.3, -0.25) is 0 Å².